The van der Waals surface area contributed by atoms with Crippen LogP contribution < -0.4 is 19.5 Å². The van der Waals surface area contributed by atoms with E-state index in [1.54, 1.807) is 24.3 Å². The van der Waals surface area contributed by atoms with Gasteiger partial charge in [-0.05, 0) is 42.5 Å². The van der Waals surface area contributed by atoms with Gasteiger partial charge in [0.2, 0.25) is 5.91 Å². The van der Waals surface area contributed by atoms with Gasteiger partial charge in [0.25, 0.3) is 10.0 Å². The highest BCUT2D eigenvalue weighted by atomic mass is 32.2. The zero-order valence-electron chi connectivity index (χ0n) is 12.9. The molecule has 0 bridgehead atoms. The second-order valence-electron chi connectivity index (χ2n) is 5.14. The number of hydrogen-bond donors (Lipinski definition) is 2. The number of carbonyl (C=O) groups excluding carboxylic acids is 1. The molecule has 0 aromatic heterocycles. The van der Waals surface area contributed by atoms with Crippen LogP contribution in [0.15, 0.2) is 47.4 Å². The van der Waals surface area contributed by atoms with Crippen molar-refractivity contribution in [1.29, 1.82) is 0 Å². The summed E-state index contributed by atoms with van der Waals surface area (Å²) in [6.07, 6.45) is 0.223. The molecule has 0 radical (unpaired) electrons. The molecule has 126 valence electrons. The third kappa shape index (κ3) is 3.43. The second-order valence-corrected chi connectivity index (χ2v) is 6.82. The average Bonchev–Trinajstić information content (AvgIpc) is 2.75. The van der Waals surface area contributed by atoms with Gasteiger partial charge in [-0.25, -0.2) is 8.42 Å². The molecule has 0 saturated heterocycles. The third-order valence-corrected chi connectivity index (χ3v) is 4.84. The number of hydrogen-bond acceptors (Lipinski definition) is 5. The van der Waals surface area contributed by atoms with E-state index in [1.165, 1.54) is 25.3 Å². The fourth-order valence-electron chi connectivity index (χ4n) is 2.24. The van der Waals surface area contributed by atoms with Crippen LogP contribution in [0.5, 0.6) is 11.5 Å². The standard InChI is InChI=1S/C16H16N2O5S/c1-22-12-4-2-11(3-5-12)18-24(20,21)13-6-7-15-14(10-13)17-16(19)8-9-23-15/h2-7,10,18H,8-9H2,1H3,(H,17,19). The van der Waals surface area contributed by atoms with Crippen molar-refractivity contribution in [3.8, 4) is 11.5 Å². The van der Waals surface area contributed by atoms with E-state index in [1.807, 2.05) is 0 Å². The molecule has 8 heteroatoms. The fraction of sp³-hybridized carbons (Fsp3) is 0.188. The lowest BCUT2D eigenvalue weighted by Crippen LogP contribution is -2.14. The van der Waals surface area contributed by atoms with Crippen molar-refractivity contribution in [2.45, 2.75) is 11.3 Å². The minimum atomic E-state index is -3.79. The Morgan fingerprint density at radius 2 is 1.92 bits per heavy atom. The average molecular weight is 348 g/mol. The van der Waals surface area contributed by atoms with E-state index >= 15 is 0 Å². The largest absolute Gasteiger partial charge is 0.497 e. The molecule has 0 unspecified atom stereocenters. The maximum Gasteiger partial charge on any atom is 0.261 e. The first kappa shape index (κ1) is 16.1. The Morgan fingerprint density at radius 3 is 2.62 bits per heavy atom. The molecule has 3 rings (SSSR count). The van der Waals surface area contributed by atoms with E-state index in [4.69, 9.17) is 9.47 Å². The normalized spacial score (nSPS) is 14.0. The van der Waals surface area contributed by atoms with Gasteiger partial charge in [-0.15, -0.1) is 0 Å². The van der Waals surface area contributed by atoms with Crippen LogP contribution in [0.1, 0.15) is 6.42 Å². The van der Waals surface area contributed by atoms with Crippen molar-refractivity contribution in [1.82, 2.24) is 0 Å². The van der Waals surface area contributed by atoms with Gasteiger partial charge in [-0.2, -0.15) is 0 Å². The van der Waals surface area contributed by atoms with Gasteiger partial charge in [0.15, 0.2) is 0 Å². The Kier molecular flexibility index (Phi) is 4.30. The van der Waals surface area contributed by atoms with Gasteiger partial charge >= 0.3 is 0 Å². The van der Waals surface area contributed by atoms with E-state index in [0.29, 0.717) is 22.9 Å². The van der Waals surface area contributed by atoms with Crippen LogP contribution in [0.2, 0.25) is 0 Å². The van der Waals surface area contributed by atoms with Crippen molar-refractivity contribution < 1.29 is 22.7 Å². The number of fused-ring (bicyclic) bond motifs is 1. The number of ether oxygens (including phenoxy) is 2. The summed E-state index contributed by atoms with van der Waals surface area (Å²) in [6.45, 7) is 0.259. The fourth-order valence-corrected chi connectivity index (χ4v) is 3.32. The van der Waals surface area contributed by atoms with E-state index in [0.717, 1.165) is 0 Å². The number of sulfonamides is 1. The van der Waals surface area contributed by atoms with Gasteiger partial charge < -0.3 is 14.8 Å². The van der Waals surface area contributed by atoms with Gasteiger partial charge in [-0.1, -0.05) is 0 Å². The molecule has 0 saturated carbocycles. The van der Waals surface area contributed by atoms with Crippen molar-refractivity contribution in [3.05, 3.63) is 42.5 Å². The lowest BCUT2D eigenvalue weighted by atomic mass is 10.3. The van der Waals surface area contributed by atoms with Crippen LogP contribution in [0.4, 0.5) is 11.4 Å². The van der Waals surface area contributed by atoms with Gasteiger partial charge in [-0.3, -0.25) is 9.52 Å². The maximum absolute atomic E-state index is 12.5. The molecule has 0 aliphatic carbocycles. The molecule has 1 aliphatic heterocycles. The van der Waals surface area contributed by atoms with E-state index in [2.05, 4.69) is 10.0 Å². The summed E-state index contributed by atoms with van der Waals surface area (Å²) < 4.78 is 38.0. The molecular weight excluding hydrogens is 332 g/mol. The Bertz CT molecular complexity index is 863. The number of amides is 1. The molecule has 0 atom stereocenters. The summed E-state index contributed by atoms with van der Waals surface area (Å²) in [5.41, 5.74) is 0.751. The van der Waals surface area contributed by atoms with Gasteiger partial charge in [0.1, 0.15) is 11.5 Å². The highest BCUT2D eigenvalue weighted by Gasteiger charge is 2.20. The molecule has 1 aliphatic rings. The van der Waals surface area contributed by atoms with Gasteiger partial charge in [0, 0.05) is 5.69 Å². The number of nitrogens with one attached hydrogen (secondary N) is 2. The smallest absolute Gasteiger partial charge is 0.261 e. The number of anilines is 2. The molecule has 2 aromatic carbocycles. The number of methoxy groups -OCH3 is 1. The van der Waals surface area contributed by atoms with Crippen LogP contribution in [-0.4, -0.2) is 28.0 Å². The van der Waals surface area contributed by atoms with Crippen LogP contribution >= 0.6 is 0 Å². The monoisotopic (exact) mass is 348 g/mol. The molecule has 0 spiro atoms. The first-order valence-corrected chi connectivity index (χ1v) is 8.70. The first-order valence-electron chi connectivity index (χ1n) is 7.21. The van der Waals surface area contributed by atoms with Crippen LogP contribution in [0.3, 0.4) is 0 Å². The zero-order chi connectivity index (χ0) is 17.2. The summed E-state index contributed by atoms with van der Waals surface area (Å²) in [5, 5.41) is 2.64. The number of rotatable bonds is 4. The molecule has 1 heterocycles. The Hall–Kier alpha value is -2.74. The highest BCUT2D eigenvalue weighted by molar-refractivity contribution is 7.92. The molecule has 0 fully saturated rings. The van der Waals surface area contributed by atoms with Crippen molar-refractivity contribution in [3.63, 3.8) is 0 Å². The summed E-state index contributed by atoms with van der Waals surface area (Å²) in [4.78, 5) is 11.6. The van der Waals surface area contributed by atoms with E-state index in [-0.39, 0.29) is 23.8 Å². The van der Waals surface area contributed by atoms with Crippen LogP contribution in [0.25, 0.3) is 0 Å². The molecule has 2 N–H and O–H groups in total. The van der Waals surface area contributed by atoms with Crippen LogP contribution in [0, 0.1) is 0 Å². The maximum atomic E-state index is 12.5. The van der Waals surface area contributed by atoms with Crippen LogP contribution in [-0.2, 0) is 14.8 Å². The number of benzene rings is 2. The molecule has 24 heavy (non-hydrogen) atoms. The SMILES string of the molecule is COc1ccc(NS(=O)(=O)c2ccc3c(c2)NC(=O)CCO3)cc1. The summed E-state index contributed by atoms with van der Waals surface area (Å²) in [5.74, 6) is 0.860. The van der Waals surface area contributed by atoms with Crippen molar-refractivity contribution >= 4 is 27.3 Å². The second kappa shape index (κ2) is 6.40. The summed E-state index contributed by atoms with van der Waals surface area (Å²) in [6, 6.07) is 10.9. The predicted molar refractivity (Wildman–Crippen MR) is 89.0 cm³/mol. The minimum absolute atomic E-state index is 0.0304. The third-order valence-electron chi connectivity index (χ3n) is 3.46. The molecule has 7 nitrogen and oxygen atoms in total. The van der Waals surface area contributed by atoms with Crippen molar-refractivity contribution in [2.24, 2.45) is 0 Å². The van der Waals surface area contributed by atoms with E-state index in [9.17, 15) is 13.2 Å². The lowest BCUT2D eigenvalue weighted by Gasteiger charge is -2.12. The Morgan fingerprint density at radius 1 is 1.17 bits per heavy atom. The predicted octanol–water partition coefficient (Wildman–Crippen LogP) is 2.22. The zero-order valence-corrected chi connectivity index (χ0v) is 13.7. The molecule has 2 aromatic rings. The Balaban J connectivity index is 1.87. The first-order chi connectivity index (χ1) is 11.5. The summed E-state index contributed by atoms with van der Waals surface area (Å²) >= 11 is 0. The summed E-state index contributed by atoms with van der Waals surface area (Å²) in [7, 11) is -2.26. The highest BCUT2D eigenvalue weighted by Crippen LogP contribution is 2.30. The lowest BCUT2D eigenvalue weighted by molar-refractivity contribution is -0.116. The number of carbonyl (C=O) groups is 1. The van der Waals surface area contributed by atoms with E-state index < -0.39 is 10.0 Å². The molecule has 1 amide bonds. The molecular formula is C16H16N2O5S. The quantitative estimate of drug-likeness (QED) is 0.884. The topological polar surface area (TPSA) is 93.7 Å². The Labute approximate surface area is 139 Å². The minimum Gasteiger partial charge on any atom is -0.497 e. The van der Waals surface area contributed by atoms with Gasteiger partial charge in [0.05, 0.1) is 30.7 Å². The van der Waals surface area contributed by atoms with Crippen molar-refractivity contribution in [2.75, 3.05) is 23.8 Å².